The van der Waals surface area contributed by atoms with Crippen molar-refractivity contribution < 1.29 is 18.0 Å². The zero-order valence-electron chi connectivity index (χ0n) is 10.3. The number of rotatable bonds is 3. The minimum Gasteiger partial charge on any atom is -0.326 e. The Labute approximate surface area is 113 Å². The molecule has 0 saturated carbocycles. The Morgan fingerprint density at radius 3 is 2.58 bits per heavy atom. The van der Waals surface area contributed by atoms with E-state index in [-0.39, 0.29) is 29.3 Å². The quantitative estimate of drug-likeness (QED) is 0.672. The first-order valence-electron chi connectivity index (χ1n) is 5.39. The van der Waals surface area contributed by atoms with Gasteiger partial charge in [-0.2, -0.15) is 18.2 Å². The van der Waals surface area contributed by atoms with Gasteiger partial charge in [0.15, 0.2) is 0 Å². The number of halogens is 3. The van der Waals surface area contributed by atoms with E-state index in [2.05, 4.69) is 22.5 Å². The lowest BCUT2D eigenvalue weighted by Crippen LogP contribution is -2.14. The first-order chi connectivity index (χ1) is 8.81. The van der Waals surface area contributed by atoms with E-state index in [1.165, 1.54) is 13.0 Å². The number of alkyl halides is 3. The van der Waals surface area contributed by atoms with Crippen molar-refractivity contribution >= 4 is 34.7 Å². The molecule has 0 spiro atoms. The van der Waals surface area contributed by atoms with Crippen LogP contribution in [0.15, 0.2) is 17.1 Å². The molecule has 0 saturated heterocycles. The molecule has 0 aliphatic heterocycles. The second-order valence-electron chi connectivity index (χ2n) is 3.73. The highest BCUT2D eigenvalue weighted by Crippen LogP contribution is 2.41. The van der Waals surface area contributed by atoms with Crippen LogP contribution in [0.2, 0.25) is 0 Å². The summed E-state index contributed by atoms with van der Waals surface area (Å²) in [5.41, 5.74) is -1.21. The molecule has 0 fully saturated rings. The standard InChI is InChI=1S/C12H11F3N2OS/c1-3-10(18)17-8-4-5-9(16-6-19)11(7(8)2)12(13,14)15/h4-5H,3H2,1-2H3,(H,17,18). The van der Waals surface area contributed by atoms with Crippen LogP contribution in [0.25, 0.3) is 0 Å². The van der Waals surface area contributed by atoms with E-state index >= 15 is 0 Å². The van der Waals surface area contributed by atoms with Gasteiger partial charge in [0, 0.05) is 12.1 Å². The van der Waals surface area contributed by atoms with Crippen LogP contribution in [-0.4, -0.2) is 11.1 Å². The fourth-order valence-electron chi connectivity index (χ4n) is 1.57. The molecule has 1 N–H and O–H groups in total. The van der Waals surface area contributed by atoms with Gasteiger partial charge in [-0.25, -0.2) is 0 Å². The Kier molecular flexibility index (Phi) is 4.80. The van der Waals surface area contributed by atoms with Gasteiger partial charge >= 0.3 is 6.18 Å². The monoisotopic (exact) mass is 288 g/mol. The Hall–Kier alpha value is -1.72. The SMILES string of the molecule is CCC(=O)Nc1ccc(N=C=S)c(C(F)(F)F)c1C. The normalized spacial score (nSPS) is 10.8. The molecule has 0 atom stereocenters. The average Bonchev–Trinajstić information content (AvgIpc) is 2.31. The maximum Gasteiger partial charge on any atom is 0.418 e. The fourth-order valence-corrected chi connectivity index (χ4v) is 1.67. The molecule has 1 rings (SSSR count). The van der Waals surface area contributed by atoms with Crippen molar-refractivity contribution in [3.8, 4) is 0 Å². The number of amides is 1. The van der Waals surface area contributed by atoms with Crippen molar-refractivity contribution in [1.82, 2.24) is 0 Å². The molecule has 7 heteroatoms. The number of hydrogen-bond donors (Lipinski definition) is 1. The van der Waals surface area contributed by atoms with Gasteiger partial charge in [0.1, 0.15) is 0 Å². The van der Waals surface area contributed by atoms with E-state index in [9.17, 15) is 18.0 Å². The Balaban J connectivity index is 3.42. The summed E-state index contributed by atoms with van der Waals surface area (Å²) >= 11 is 4.33. The number of aliphatic imine (C=N–C) groups is 1. The second kappa shape index (κ2) is 5.95. The van der Waals surface area contributed by atoms with Crippen LogP contribution in [0.1, 0.15) is 24.5 Å². The first kappa shape index (κ1) is 15.3. The van der Waals surface area contributed by atoms with Gasteiger partial charge in [-0.1, -0.05) is 6.92 Å². The van der Waals surface area contributed by atoms with Gasteiger partial charge in [-0.3, -0.25) is 4.79 Å². The maximum atomic E-state index is 13.0. The molecule has 19 heavy (non-hydrogen) atoms. The van der Waals surface area contributed by atoms with E-state index in [1.54, 1.807) is 6.92 Å². The van der Waals surface area contributed by atoms with Crippen molar-refractivity contribution in [2.75, 3.05) is 5.32 Å². The van der Waals surface area contributed by atoms with Crippen molar-refractivity contribution in [1.29, 1.82) is 0 Å². The van der Waals surface area contributed by atoms with Gasteiger partial charge in [0.25, 0.3) is 0 Å². The largest absolute Gasteiger partial charge is 0.418 e. The molecule has 0 unspecified atom stereocenters. The highest BCUT2D eigenvalue weighted by atomic mass is 32.1. The fraction of sp³-hybridized carbons (Fsp3) is 0.333. The highest BCUT2D eigenvalue weighted by molar-refractivity contribution is 7.78. The molecular formula is C12H11F3N2OS. The molecule has 1 amide bonds. The molecule has 0 bridgehead atoms. The third-order valence-electron chi connectivity index (χ3n) is 2.49. The van der Waals surface area contributed by atoms with Crippen molar-refractivity contribution in [2.24, 2.45) is 4.99 Å². The number of carbonyl (C=O) groups excluding carboxylic acids is 1. The lowest BCUT2D eigenvalue weighted by molar-refractivity contribution is -0.137. The number of hydrogen-bond acceptors (Lipinski definition) is 3. The van der Waals surface area contributed by atoms with Crippen LogP contribution in [0, 0.1) is 6.92 Å². The number of carbonyl (C=O) groups is 1. The zero-order valence-corrected chi connectivity index (χ0v) is 11.1. The molecular weight excluding hydrogens is 277 g/mol. The predicted octanol–water partition coefficient (Wildman–Crippen LogP) is 4.10. The van der Waals surface area contributed by atoms with Crippen LogP contribution < -0.4 is 5.32 Å². The summed E-state index contributed by atoms with van der Waals surface area (Å²) in [4.78, 5) is 14.7. The second-order valence-corrected chi connectivity index (χ2v) is 3.92. The van der Waals surface area contributed by atoms with E-state index < -0.39 is 11.7 Å². The molecule has 3 nitrogen and oxygen atoms in total. The van der Waals surface area contributed by atoms with Crippen LogP contribution in [-0.2, 0) is 11.0 Å². The number of nitrogens with zero attached hydrogens (tertiary/aromatic N) is 1. The molecule has 0 aliphatic carbocycles. The van der Waals surface area contributed by atoms with E-state index in [4.69, 9.17) is 0 Å². The van der Waals surface area contributed by atoms with Crippen LogP contribution in [0.3, 0.4) is 0 Å². The Morgan fingerprint density at radius 2 is 2.11 bits per heavy atom. The van der Waals surface area contributed by atoms with E-state index in [0.717, 1.165) is 6.07 Å². The zero-order chi connectivity index (χ0) is 14.6. The Morgan fingerprint density at radius 1 is 1.47 bits per heavy atom. The molecule has 102 valence electrons. The average molecular weight is 288 g/mol. The molecule has 1 aromatic carbocycles. The third kappa shape index (κ3) is 3.62. The summed E-state index contributed by atoms with van der Waals surface area (Å²) in [7, 11) is 0. The minimum absolute atomic E-state index is 0.0965. The van der Waals surface area contributed by atoms with Gasteiger partial charge in [-0.05, 0) is 36.8 Å². The van der Waals surface area contributed by atoms with Crippen molar-refractivity contribution in [2.45, 2.75) is 26.4 Å². The summed E-state index contributed by atoms with van der Waals surface area (Å²) in [6, 6.07) is 2.52. The molecule has 0 radical (unpaired) electrons. The van der Waals surface area contributed by atoms with Gasteiger partial charge < -0.3 is 5.32 Å². The summed E-state index contributed by atoms with van der Waals surface area (Å²) in [6.07, 6.45) is -4.40. The van der Waals surface area contributed by atoms with Gasteiger partial charge in [-0.15, -0.1) is 0 Å². The predicted molar refractivity (Wildman–Crippen MR) is 69.8 cm³/mol. The van der Waals surface area contributed by atoms with Crippen LogP contribution >= 0.6 is 12.2 Å². The van der Waals surface area contributed by atoms with Crippen molar-refractivity contribution in [3.05, 3.63) is 23.3 Å². The molecule has 0 aliphatic rings. The number of benzene rings is 1. The first-order valence-corrected chi connectivity index (χ1v) is 5.80. The summed E-state index contributed by atoms with van der Waals surface area (Å²) < 4.78 is 39.0. The topological polar surface area (TPSA) is 41.5 Å². The van der Waals surface area contributed by atoms with Crippen LogP contribution in [0.5, 0.6) is 0 Å². The summed E-state index contributed by atoms with van der Waals surface area (Å²) in [6.45, 7) is 2.89. The smallest absolute Gasteiger partial charge is 0.326 e. The van der Waals surface area contributed by atoms with E-state index in [0.29, 0.717) is 0 Å². The van der Waals surface area contributed by atoms with Gasteiger partial charge in [0.2, 0.25) is 5.91 Å². The lowest BCUT2D eigenvalue weighted by atomic mass is 10.0. The Bertz CT molecular complexity index is 549. The number of isothiocyanates is 1. The van der Waals surface area contributed by atoms with Gasteiger partial charge in [0.05, 0.1) is 16.4 Å². The summed E-state index contributed by atoms with van der Waals surface area (Å²) in [5.74, 6) is -0.359. The maximum absolute atomic E-state index is 13.0. The molecule has 1 aromatic rings. The van der Waals surface area contributed by atoms with Crippen molar-refractivity contribution in [3.63, 3.8) is 0 Å². The minimum atomic E-state index is -4.58. The van der Waals surface area contributed by atoms with E-state index in [1.807, 2.05) is 5.16 Å². The number of thiocarbonyl (C=S) groups is 1. The molecule has 0 aromatic heterocycles. The number of anilines is 1. The van der Waals surface area contributed by atoms with Crippen LogP contribution in [0.4, 0.5) is 24.5 Å². The third-order valence-corrected chi connectivity index (χ3v) is 2.58. The molecule has 0 heterocycles. The lowest BCUT2D eigenvalue weighted by Gasteiger charge is -2.16. The number of nitrogens with one attached hydrogen (secondary N) is 1. The summed E-state index contributed by atoms with van der Waals surface area (Å²) in [5, 5.41) is 4.33. The highest BCUT2D eigenvalue weighted by Gasteiger charge is 2.36.